The van der Waals surface area contributed by atoms with Crippen molar-refractivity contribution in [2.45, 2.75) is 0 Å². The molecule has 3 aromatic carbocycles. The average Bonchev–Trinajstić information content (AvgIpc) is 3.61. The minimum Gasteiger partial charge on any atom is -0.457 e. The second-order valence-electron chi connectivity index (χ2n) is 8.36. The van der Waals surface area contributed by atoms with E-state index in [0.717, 1.165) is 16.2 Å². The van der Waals surface area contributed by atoms with E-state index in [1.807, 2.05) is 30.3 Å². The number of furan rings is 1. The summed E-state index contributed by atoms with van der Waals surface area (Å²) in [5, 5.41) is 25.6. The number of nitro benzene ring substituents is 1. The molecule has 38 heavy (non-hydrogen) atoms. The van der Waals surface area contributed by atoms with Crippen LogP contribution in [0.15, 0.2) is 97.9 Å². The number of hydrogen-bond acceptors (Lipinski definition) is 8. The Hall–Kier alpha value is -5.33. The number of rotatable bonds is 5. The van der Waals surface area contributed by atoms with Crippen LogP contribution in [0.4, 0.5) is 5.69 Å². The molecule has 0 aliphatic heterocycles. The van der Waals surface area contributed by atoms with E-state index in [1.165, 1.54) is 23.5 Å². The lowest BCUT2D eigenvalue weighted by molar-refractivity contribution is -0.384. The van der Waals surface area contributed by atoms with Gasteiger partial charge in [-0.05, 0) is 47.2 Å². The van der Waals surface area contributed by atoms with Crippen LogP contribution in [0.2, 0.25) is 0 Å². The van der Waals surface area contributed by atoms with E-state index in [2.05, 4.69) is 11.1 Å². The zero-order valence-corrected chi connectivity index (χ0v) is 20.3. The lowest BCUT2D eigenvalue weighted by Gasteiger charge is -2.04. The van der Waals surface area contributed by atoms with Gasteiger partial charge in [0.25, 0.3) is 5.69 Å². The van der Waals surface area contributed by atoms with Gasteiger partial charge in [0.05, 0.1) is 21.8 Å². The summed E-state index contributed by atoms with van der Waals surface area (Å²) in [5.41, 5.74) is 1.63. The van der Waals surface area contributed by atoms with E-state index in [1.54, 1.807) is 47.9 Å². The number of allylic oxidation sites excluding steroid dienone is 1. The van der Waals surface area contributed by atoms with Crippen molar-refractivity contribution in [1.29, 1.82) is 5.26 Å². The predicted octanol–water partition coefficient (Wildman–Crippen LogP) is 7.30. The van der Waals surface area contributed by atoms with Gasteiger partial charge in [-0.3, -0.25) is 10.1 Å². The smallest absolute Gasteiger partial charge is 0.345 e. The molecule has 0 unspecified atom stereocenters. The zero-order valence-electron chi connectivity index (χ0n) is 19.5. The van der Waals surface area contributed by atoms with Crippen LogP contribution in [0.25, 0.3) is 56.0 Å². The van der Waals surface area contributed by atoms with Crippen LogP contribution in [0.1, 0.15) is 10.8 Å². The van der Waals surface area contributed by atoms with Crippen molar-refractivity contribution in [1.82, 2.24) is 4.98 Å². The maximum Gasteiger partial charge on any atom is 0.345 e. The highest BCUT2D eigenvalue weighted by Crippen LogP contribution is 2.31. The normalized spacial score (nSPS) is 11.6. The first-order chi connectivity index (χ1) is 18.5. The van der Waals surface area contributed by atoms with E-state index < -0.39 is 10.5 Å². The monoisotopic (exact) mass is 517 g/mol. The van der Waals surface area contributed by atoms with Crippen LogP contribution >= 0.6 is 11.3 Å². The third-order valence-electron chi connectivity index (χ3n) is 6.05. The van der Waals surface area contributed by atoms with Gasteiger partial charge in [0.2, 0.25) is 0 Å². The molecular formula is C29H15N3O5S. The maximum atomic E-state index is 12.8. The van der Waals surface area contributed by atoms with E-state index in [4.69, 9.17) is 8.83 Å². The maximum absolute atomic E-state index is 12.8. The number of nitro groups is 1. The van der Waals surface area contributed by atoms with E-state index in [0.29, 0.717) is 38.9 Å². The van der Waals surface area contributed by atoms with Gasteiger partial charge in [-0.1, -0.05) is 30.3 Å². The van der Waals surface area contributed by atoms with Crippen molar-refractivity contribution < 1.29 is 13.8 Å². The number of benzene rings is 3. The molecule has 9 heteroatoms. The van der Waals surface area contributed by atoms with Crippen LogP contribution in [-0.4, -0.2) is 9.91 Å². The quantitative estimate of drug-likeness (QED) is 0.0772. The highest BCUT2D eigenvalue weighted by Gasteiger charge is 2.16. The third kappa shape index (κ3) is 4.15. The molecule has 0 saturated carbocycles. The molecule has 6 aromatic rings. The first-order valence-corrected chi connectivity index (χ1v) is 12.3. The van der Waals surface area contributed by atoms with Crippen molar-refractivity contribution in [3.8, 4) is 28.7 Å². The highest BCUT2D eigenvalue weighted by atomic mass is 32.1. The van der Waals surface area contributed by atoms with Gasteiger partial charge in [-0.15, -0.1) is 11.3 Å². The Balaban J connectivity index is 1.34. The molecule has 3 heterocycles. The summed E-state index contributed by atoms with van der Waals surface area (Å²) < 4.78 is 11.4. The summed E-state index contributed by atoms with van der Waals surface area (Å²) in [6.07, 6.45) is 1.56. The third-order valence-corrected chi connectivity index (χ3v) is 6.92. The molecule has 0 aliphatic carbocycles. The number of aromatic nitrogens is 1. The van der Waals surface area contributed by atoms with E-state index in [-0.39, 0.29) is 11.3 Å². The van der Waals surface area contributed by atoms with Crippen molar-refractivity contribution >= 4 is 50.4 Å². The van der Waals surface area contributed by atoms with E-state index >= 15 is 0 Å². The van der Waals surface area contributed by atoms with Crippen molar-refractivity contribution in [2.75, 3.05) is 0 Å². The fourth-order valence-electron chi connectivity index (χ4n) is 4.19. The summed E-state index contributed by atoms with van der Waals surface area (Å²) in [6.45, 7) is 0. The fourth-order valence-corrected chi connectivity index (χ4v) is 4.97. The molecule has 0 bridgehead atoms. The van der Waals surface area contributed by atoms with Crippen LogP contribution in [0.5, 0.6) is 0 Å². The molecule has 0 aliphatic rings. The van der Waals surface area contributed by atoms with Gasteiger partial charge >= 0.3 is 5.63 Å². The van der Waals surface area contributed by atoms with Crippen LogP contribution < -0.4 is 5.63 Å². The molecule has 0 saturated heterocycles. The van der Waals surface area contributed by atoms with Crippen LogP contribution in [-0.2, 0) is 0 Å². The van der Waals surface area contributed by atoms with Crippen molar-refractivity contribution in [3.05, 3.63) is 116 Å². The molecule has 0 spiro atoms. The highest BCUT2D eigenvalue weighted by molar-refractivity contribution is 7.11. The molecule has 0 amide bonds. The van der Waals surface area contributed by atoms with Crippen molar-refractivity contribution in [2.24, 2.45) is 0 Å². The van der Waals surface area contributed by atoms with Gasteiger partial charge in [0, 0.05) is 34.5 Å². The molecule has 0 N–H and O–H groups in total. The Morgan fingerprint density at radius 2 is 1.82 bits per heavy atom. The predicted molar refractivity (Wildman–Crippen MR) is 145 cm³/mol. The average molecular weight is 518 g/mol. The Kier molecular flexibility index (Phi) is 5.64. The van der Waals surface area contributed by atoms with E-state index in [9.17, 15) is 20.2 Å². The molecule has 0 fully saturated rings. The number of fused-ring (bicyclic) bond motifs is 3. The minimum absolute atomic E-state index is 0.0135. The lowest BCUT2D eigenvalue weighted by Crippen LogP contribution is -2.03. The minimum atomic E-state index is -0.508. The number of hydrogen-bond donors (Lipinski definition) is 0. The molecule has 0 atom stereocenters. The van der Waals surface area contributed by atoms with Crippen LogP contribution in [0.3, 0.4) is 0 Å². The lowest BCUT2D eigenvalue weighted by atomic mass is 10.0. The summed E-state index contributed by atoms with van der Waals surface area (Å²) >= 11 is 1.23. The van der Waals surface area contributed by atoms with Crippen molar-refractivity contribution in [3.63, 3.8) is 0 Å². The fraction of sp³-hybridized carbons (Fsp3) is 0. The second kappa shape index (κ2) is 9.28. The topological polar surface area (TPSA) is 123 Å². The second-order valence-corrected chi connectivity index (χ2v) is 9.22. The summed E-state index contributed by atoms with van der Waals surface area (Å²) in [5.74, 6) is 0.924. The van der Waals surface area contributed by atoms with Gasteiger partial charge in [0.15, 0.2) is 0 Å². The largest absolute Gasteiger partial charge is 0.457 e. The zero-order chi connectivity index (χ0) is 26.2. The molecule has 182 valence electrons. The summed E-state index contributed by atoms with van der Waals surface area (Å²) in [4.78, 5) is 27.7. The summed E-state index contributed by atoms with van der Waals surface area (Å²) in [6, 6.07) is 24.9. The Bertz CT molecular complexity index is 1990. The number of nitrogens with zero attached hydrogens (tertiary/aromatic N) is 3. The SMILES string of the molecule is N#C/C(=C\c1ccc(-c2ccc([N+](=O)[O-])cc2)o1)c1nc(-c2cc3c(ccc4ccccc43)oc2=O)cs1. The first kappa shape index (κ1) is 23.1. The number of non-ortho nitro benzene ring substituents is 1. The molecule has 8 nitrogen and oxygen atoms in total. The Morgan fingerprint density at radius 1 is 1.00 bits per heavy atom. The van der Waals surface area contributed by atoms with Gasteiger partial charge in [-0.2, -0.15) is 5.26 Å². The molecular weight excluding hydrogens is 502 g/mol. The Labute approximate surface area is 218 Å². The number of thiazole rings is 1. The van der Waals surface area contributed by atoms with Gasteiger partial charge in [0.1, 0.15) is 28.2 Å². The molecule has 6 rings (SSSR count). The van der Waals surface area contributed by atoms with Crippen LogP contribution in [0, 0.1) is 21.4 Å². The Morgan fingerprint density at radius 3 is 2.61 bits per heavy atom. The van der Waals surface area contributed by atoms with Gasteiger partial charge < -0.3 is 8.83 Å². The molecule has 0 radical (unpaired) electrons. The standard InChI is InChI=1S/C29H15N3O5S/c30-15-19(13-21-10-12-26(36-21)18-5-8-20(9-6-18)32(34)35)28-31-25(16-38-28)24-14-23-22-4-2-1-3-17(22)7-11-27(23)37-29(24)33/h1-14,16H/b19-13+. The van der Waals surface area contributed by atoms with Gasteiger partial charge in [-0.25, -0.2) is 9.78 Å². The number of nitriles is 1. The first-order valence-electron chi connectivity index (χ1n) is 11.4. The summed E-state index contributed by atoms with van der Waals surface area (Å²) in [7, 11) is 0. The molecule has 3 aromatic heterocycles.